The van der Waals surface area contributed by atoms with E-state index in [9.17, 15) is 14.0 Å². The third-order valence-electron chi connectivity index (χ3n) is 6.70. The van der Waals surface area contributed by atoms with Crippen molar-refractivity contribution in [3.63, 3.8) is 0 Å². The van der Waals surface area contributed by atoms with Gasteiger partial charge in [0.05, 0.1) is 30.0 Å². The summed E-state index contributed by atoms with van der Waals surface area (Å²) < 4.78 is 14.4. The third-order valence-corrected chi connectivity index (χ3v) is 6.70. The van der Waals surface area contributed by atoms with E-state index in [0.717, 1.165) is 25.7 Å². The number of amides is 3. The first-order valence-electron chi connectivity index (χ1n) is 11.2. The number of carbonyl (C=O) groups is 2. The normalized spacial score (nSPS) is 25.0. The van der Waals surface area contributed by atoms with Crippen LogP contribution < -0.4 is 10.2 Å². The molecule has 0 radical (unpaired) electrons. The maximum absolute atomic E-state index is 14.4. The predicted molar refractivity (Wildman–Crippen MR) is 119 cm³/mol. The largest absolute Gasteiger partial charge is 0.336 e. The third kappa shape index (κ3) is 3.53. The van der Waals surface area contributed by atoms with Crippen LogP contribution in [0.15, 0.2) is 53.8 Å². The second-order valence-corrected chi connectivity index (χ2v) is 8.73. The molecule has 3 aliphatic rings. The molecular weight excluding hydrogens is 409 g/mol. The van der Waals surface area contributed by atoms with Gasteiger partial charge in [0.15, 0.2) is 0 Å². The molecule has 2 aromatic rings. The number of anilines is 1. The summed E-state index contributed by atoms with van der Waals surface area (Å²) in [5, 5.41) is 3.00. The molecule has 32 heavy (non-hydrogen) atoms. The highest BCUT2D eigenvalue weighted by Crippen LogP contribution is 2.38. The zero-order valence-corrected chi connectivity index (χ0v) is 17.8. The smallest absolute Gasteiger partial charge is 0.328 e. The predicted octanol–water partition coefficient (Wildman–Crippen LogP) is 3.77. The molecule has 1 spiro atoms. The van der Waals surface area contributed by atoms with Crippen LogP contribution in [0.25, 0.3) is 0 Å². The van der Waals surface area contributed by atoms with Crippen molar-refractivity contribution in [3.05, 3.63) is 60.2 Å². The van der Waals surface area contributed by atoms with Crippen LogP contribution in [-0.2, 0) is 0 Å². The number of aliphatic imine (C=N–C) groups is 1. The minimum atomic E-state index is -0.818. The van der Waals surface area contributed by atoms with E-state index in [1.54, 1.807) is 40.4 Å². The van der Waals surface area contributed by atoms with Crippen molar-refractivity contribution in [1.82, 2.24) is 15.2 Å². The average molecular weight is 436 g/mol. The van der Waals surface area contributed by atoms with Crippen molar-refractivity contribution >= 4 is 23.5 Å². The van der Waals surface area contributed by atoms with E-state index >= 15 is 0 Å². The molecule has 1 aromatic heterocycles. The number of carbonyl (C=O) groups excluding carboxylic acids is 2. The van der Waals surface area contributed by atoms with E-state index < -0.39 is 11.4 Å². The zero-order valence-electron chi connectivity index (χ0n) is 17.8. The molecule has 3 amide bonds. The van der Waals surface area contributed by atoms with E-state index in [0.29, 0.717) is 30.9 Å². The van der Waals surface area contributed by atoms with E-state index in [2.05, 4.69) is 10.3 Å². The number of nitrogens with zero attached hydrogens (tertiary/aromatic N) is 4. The van der Waals surface area contributed by atoms with E-state index in [-0.39, 0.29) is 30.1 Å². The van der Waals surface area contributed by atoms with Gasteiger partial charge in [-0.3, -0.25) is 25.0 Å². The number of piperidine rings is 1. The SMILES string of the molecule is O=C(c1ccccc1F)N1CCCC2(C1)C(=NC1CCCC1)NC(=O)N2c1cccnc1. The number of likely N-dealkylation sites (tertiary alicyclic amines) is 1. The minimum absolute atomic E-state index is 0.0454. The van der Waals surface area contributed by atoms with E-state index in [1.807, 2.05) is 6.07 Å². The molecule has 1 atom stereocenters. The van der Waals surface area contributed by atoms with Crippen LogP contribution in [0.2, 0.25) is 0 Å². The monoisotopic (exact) mass is 435 g/mol. The maximum atomic E-state index is 14.4. The molecule has 1 saturated carbocycles. The summed E-state index contributed by atoms with van der Waals surface area (Å²) in [6.07, 6.45) is 8.91. The highest BCUT2D eigenvalue weighted by atomic mass is 19.1. The molecule has 1 aromatic carbocycles. The number of halogens is 1. The summed E-state index contributed by atoms with van der Waals surface area (Å²) in [6.45, 7) is 0.750. The Kier molecular flexibility index (Phi) is 5.36. The Morgan fingerprint density at radius 3 is 2.72 bits per heavy atom. The Morgan fingerprint density at radius 1 is 1.16 bits per heavy atom. The summed E-state index contributed by atoms with van der Waals surface area (Å²) in [5.41, 5.74) is -0.118. The lowest BCUT2D eigenvalue weighted by molar-refractivity contribution is 0.0682. The number of urea groups is 1. The summed E-state index contributed by atoms with van der Waals surface area (Å²) in [4.78, 5) is 38.9. The number of aromatic nitrogens is 1. The van der Waals surface area contributed by atoms with Gasteiger partial charge in [-0.2, -0.15) is 0 Å². The molecule has 1 unspecified atom stereocenters. The molecule has 5 rings (SSSR count). The topological polar surface area (TPSA) is 77.9 Å². The first-order valence-corrected chi connectivity index (χ1v) is 11.2. The summed E-state index contributed by atoms with van der Waals surface area (Å²) in [7, 11) is 0. The van der Waals surface area contributed by atoms with Gasteiger partial charge < -0.3 is 4.90 Å². The number of hydrogen-bond donors (Lipinski definition) is 1. The molecule has 8 heteroatoms. The van der Waals surface area contributed by atoms with Crippen molar-refractivity contribution in [3.8, 4) is 0 Å². The second-order valence-electron chi connectivity index (χ2n) is 8.73. The van der Waals surface area contributed by atoms with Crippen molar-refractivity contribution in [2.45, 2.75) is 50.1 Å². The van der Waals surface area contributed by atoms with Gasteiger partial charge in [-0.05, 0) is 49.9 Å². The number of amidine groups is 1. The first kappa shape index (κ1) is 20.6. The van der Waals surface area contributed by atoms with Crippen LogP contribution in [0, 0.1) is 5.82 Å². The van der Waals surface area contributed by atoms with Crippen molar-refractivity contribution in [1.29, 1.82) is 0 Å². The molecule has 3 heterocycles. The van der Waals surface area contributed by atoms with Gasteiger partial charge in [-0.15, -0.1) is 0 Å². The molecule has 2 saturated heterocycles. The van der Waals surface area contributed by atoms with Gasteiger partial charge in [0.25, 0.3) is 5.91 Å². The maximum Gasteiger partial charge on any atom is 0.328 e. The Balaban J connectivity index is 1.55. The second kappa shape index (κ2) is 8.33. The van der Waals surface area contributed by atoms with Crippen LogP contribution in [0.3, 0.4) is 0 Å². The molecule has 7 nitrogen and oxygen atoms in total. The Hall–Kier alpha value is -3.29. The molecule has 1 aliphatic carbocycles. The van der Waals surface area contributed by atoms with Gasteiger partial charge >= 0.3 is 6.03 Å². The van der Waals surface area contributed by atoms with Gasteiger partial charge in [0.2, 0.25) is 0 Å². The van der Waals surface area contributed by atoms with Gasteiger partial charge in [-0.25, -0.2) is 9.18 Å². The lowest BCUT2D eigenvalue weighted by Gasteiger charge is -2.44. The van der Waals surface area contributed by atoms with Crippen LogP contribution in [0.1, 0.15) is 48.9 Å². The fourth-order valence-corrected chi connectivity index (χ4v) is 5.18. The van der Waals surface area contributed by atoms with Crippen molar-refractivity contribution in [2.24, 2.45) is 4.99 Å². The highest BCUT2D eigenvalue weighted by Gasteiger charge is 2.54. The molecular formula is C24H26FN5O2. The molecule has 166 valence electrons. The van der Waals surface area contributed by atoms with Crippen molar-refractivity contribution in [2.75, 3.05) is 18.0 Å². The van der Waals surface area contributed by atoms with Gasteiger partial charge in [0, 0.05) is 12.7 Å². The quantitative estimate of drug-likeness (QED) is 0.797. The lowest BCUT2D eigenvalue weighted by Crippen LogP contribution is -2.61. The number of rotatable bonds is 3. The fraction of sp³-hybridized carbons (Fsp3) is 0.417. The van der Waals surface area contributed by atoms with Crippen LogP contribution >= 0.6 is 0 Å². The Morgan fingerprint density at radius 2 is 1.97 bits per heavy atom. The number of pyridine rings is 1. The Bertz CT molecular complexity index is 1050. The lowest BCUT2D eigenvalue weighted by atomic mass is 9.86. The van der Waals surface area contributed by atoms with Crippen LogP contribution in [0.4, 0.5) is 14.9 Å². The highest BCUT2D eigenvalue weighted by molar-refractivity contribution is 6.19. The van der Waals surface area contributed by atoms with Crippen molar-refractivity contribution < 1.29 is 14.0 Å². The Labute approximate surface area is 186 Å². The minimum Gasteiger partial charge on any atom is -0.336 e. The van der Waals surface area contributed by atoms with E-state index in [1.165, 1.54) is 12.1 Å². The van der Waals surface area contributed by atoms with E-state index in [4.69, 9.17) is 4.99 Å². The molecule has 2 aliphatic heterocycles. The van der Waals surface area contributed by atoms with Crippen LogP contribution in [-0.4, -0.2) is 52.3 Å². The standard InChI is InChI=1S/C24H26FN5O2/c25-20-11-4-3-10-19(20)21(31)29-14-6-12-24(16-29)22(27-17-7-1-2-8-17)28-23(32)30(24)18-9-5-13-26-15-18/h3-5,9-11,13,15,17H,1-2,6-8,12,14,16H2,(H,27,28,32). The number of nitrogens with one attached hydrogen (secondary N) is 1. The summed E-state index contributed by atoms with van der Waals surface area (Å²) in [6, 6.07) is 9.55. The summed E-state index contributed by atoms with van der Waals surface area (Å²) in [5.74, 6) is -0.293. The number of benzene rings is 1. The fourth-order valence-electron chi connectivity index (χ4n) is 5.18. The summed E-state index contributed by atoms with van der Waals surface area (Å²) >= 11 is 0. The van der Waals surface area contributed by atoms with Gasteiger partial charge in [-0.1, -0.05) is 25.0 Å². The molecule has 3 fully saturated rings. The van der Waals surface area contributed by atoms with Gasteiger partial charge in [0.1, 0.15) is 17.2 Å². The van der Waals surface area contributed by atoms with Crippen LogP contribution in [0.5, 0.6) is 0 Å². The zero-order chi connectivity index (χ0) is 22.1. The molecule has 1 N–H and O–H groups in total. The molecule has 0 bridgehead atoms. The number of hydrogen-bond acceptors (Lipinski definition) is 4. The average Bonchev–Trinajstić information content (AvgIpc) is 3.41. The first-order chi connectivity index (χ1) is 15.6.